The fourth-order valence-electron chi connectivity index (χ4n) is 1.45. The number of hydrogen-bond acceptors (Lipinski definition) is 1. The summed E-state index contributed by atoms with van der Waals surface area (Å²) in [4.78, 5) is 0. The summed E-state index contributed by atoms with van der Waals surface area (Å²) in [5, 5.41) is 1.23. The normalized spacial score (nSPS) is 13.6. The van der Waals surface area contributed by atoms with E-state index in [9.17, 15) is 13.2 Å². The zero-order valence-corrected chi connectivity index (χ0v) is 11.9. The van der Waals surface area contributed by atoms with Crippen molar-refractivity contribution in [2.45, 2.75) is 12.6 Å². The quantitative estimate of drug-likeness (QED) is 0.691. The molecule has 0 fully saturated rings. The molecule has 0 radical (unpaired) electrons. The first-order valence-electron chi connectivity index (χ1n) is 5.35. The second-order valence-electron chi connectivity index (χ2n) is 3.98. The summed E-state index contributed by atoms with van der Waals surface area (Å²) in [5.74, 6) is 0.00789. The van der Waals surface area contributed by atoms with Gasteiger partial charge < -0.3 is 4.74 Å². The number of rotatable bonds is 6. The summed E-state index contributed by atoms with van der Waals surface area (Å²) >= 11 is 9.04. The molecule has 1 aromatic carbocycles. The fraction of sp³-hybridized carbons (Fsp3) is 0.500. The van der Waals surface area contributed by atoms with E-state index in [1.165, 1.54) is 0 Å². The van der Waals surface area contributed by atoms with Gasteiger partial charge in [0.1, 0.15) is 6.61 Å². The minimum atomic E-state index is -4.27. The maximum Gasteiger partial charge on any atom is 0.411 e. The fourth-order valence-corrected chi connectivity index (χ4v) is 1.99. The van der Waals surface area contributed by atoms with Crippen LogP contribution < -0.4 is 0 Å². The van der Waals surface area contributed by atoms with Crippen LogP contribution in [0.2, 0.25) is 5.02 Å². The molecule has 0 saturated carbocycles. The van der Waals surface area contributed by atoms with Crippen LogP contribution in [0.15, 0.2) is 24.3 Å². The molecule has 0 amide bonds. The van der Waals surface area contributed by atoms with Crippen LogP contribution in [-0.4, -0.2) is 24.7 Å². The Bertz CT molecular complexity index is 353. The Morgan fingerprint density at radius 3 is 2.33 bits per heavy atom. The largest absolute Gasteiger partial charge is 0.411 e. The zero-order chi connectivity index (χ0) is 13.6. The summed E-state index contributed by atoms with van der Waals surface area (Å²) in [7, 11) is 0. The van der Waals surface area contributed by atoms with Gasteiger partial charge in [-0.3, -0.25) is 0 Å². The highest BCUT2D eigenvalue weighted by molar-refractivity contribution is 9.09. The van der Waals surface area contributed by atoms with Crippen LogP contribution in [0.4, 0.5) is 13.2 Å². The number of hydrogen-bond donors (Lipinski definition) is 0. The summed E-state index contributed by atoms with van der Waals surface area (Å²) in [5.41, 5.74) is 1.03. The number of alkyl halides is 4. The molecular weight excluding hydrogens is 332 g/mol. The number of halogens is 5. The van der Waals surface area contributed by atoms with Crippen molar-refractivity contribution in [3.05, 3.63) is 34.9 Å². The first-order chi connectivity index (χ1) is 8.40. The van der Waals surface area contributed by atoms with Crippen LogP contribution in [0.1, 0.15) is 5.56 Å². The lowest BCUT2D eigenvalue weighted by Gasteiger charge is -2.15. The third-order valence-electron chi connectivity index (χ3n) is 2.28. The predicted molar refractivity (Wildman–Crippen MR) is 69.3 cm³/mol. The molecule has 0 saturated heterocycles. The van der Waals surface area contributed by atoms with E-state index in [4.69, 9.17) is 11.6 Å². The van der Waals surface area contributed by atoms with Crippen molar-refractivity contribution in [1.29, 1.82) is 0 Å². The Morgan fingerprint density at radius 2 is 1.83 bits per heavy atom. The Morgan fingerprint density at radius 1 is 1.22 bits per heavy atom. The van der Waals surface area contributed by atoms with Gasteiger partial charge in [-0.1, -0.05) is 39.7 Å². The van der Waals surface area contributed by atoms with Crippen molar-refractivity contribution in [3.8, 4) is 0 Å². The molecule has 18 heavy (non-hydrogen) atoms. The van der Waals surface area contributed by atoms with E-state index in [2.05, 4.69) is 20.7 Å². The summed E-state index contributed by atoms with van der Waals surface area (Å²) in [6.07, 6.45) is -3.61. The average Bonchev–Trinajstić information content (AvgIpc) is 2.29. The molecule has 1 aromatic rings. The Hall–Kier alpha value is -0.260. The van der Waals surface area contributed by atoms with Crippen molar-refractivity contribution < 1.29 is 17.9 Å². The average molecular weight is 346 g/mol. The van der Waals surface area contributed by atoms with Gasteiger partial charge in [-0.25, -0.2) is 0 Å². The van der Waals surface area contributed by atoms with Gasteiger partial charge in [-0.15, -0.1) is 0 Å². The molecule has 0 heterocycles. The standard InChI is InChI=1S/C12H13BrClF3O/c13-6-10(7-18-8-12(15,16)17)5-9-1-3-11(14)4-2-9/h1-4,10H,5-8H2. The molecule has 1 unspecified atom stereocenters. The van der Waals surface area contributed by atoms with Crippen molar-refractivity contribution in [2.24, 2.45) is 5.92 Å². The van der Waals surface area contributed by atoms with Crippen LogP contribution in [0, 0.1) is 5.92 Å². The maximum atomic E-state index is 11.9. The number of benzene rings is 1. The molecule has 0 N–H and O–H groups in total. The third-order valence-corrected chi connectivity index (χ3v) is 3.44. The van der Waals surface area contributed by atoms with Crippen LogP contribution in [-0.2, 0) is 11.2 Å². The minimum Gasteiger partial charge on any atom is -0.372 e. The molecule has 1 atom stereocenters. The molecular formula is C12H13BrClF3O. The van der Waals surface area contributed by atoms with E-state index < -0.39 is 12.8 Å². The smallest absolute Gasteiger partial charge is 0.372 e. The van der Waals surface area contributed by atoms with Crippen molar-refractivity contribution in [3.63, 3.8) is 0 Å². The minimum absolute atomic E-state index is 0.00789. The van der Waals surface area contributed by atoms with Gasteiger partial charge in [-0.2, -0.15) is 13.2 Å². The molecule has 0 aliphatic rings. The molecule has 0 aliphatic heterocycles. The van der Waals surface area contributed by atoms with Crippen molar-refractivity contribution in [1.82, 2.24) is 0 Å². The lowest BCUT2D eigenvalue weighted by molar-refractivity contribution is -0.176. The van der Waals surface area contributed by atoms with E-state index in [0.29, 0.717) is 16.8 Å². The van der Waals surface area contributed by atoms with E-state index >= 15 is 0 Å². The molecule has 1 nitrogen and oxygen atoms in total. The second kappa shape index (κ2) is 7.36. The van der Waals surface area contributed by atoms with Crippen LogP contribution in [0.25, 0.3) is 0 Å². The van der Waals surface area contributed by atoms with Gasteiger partial charge in [0.25, 0.3) is 0 Å². The number of ether oxygens (including phenoxy) is 1. The van der Waals surface area contributed by atoms with Gasteiger partial charge >= 0.3 is 6.18 Å². The molecule has 0 bridgehead atoms. The highest BCUT2D eigenvalue weighted by Gasteiger charge is 2.27. The SMILES string of the molecule is FC(F)(F)COCC(CBr)Cc1ccc(Cl)cc1. The lowest BCUT2D eigenvalue weighted by atomic mass is 10.0. The van der Waals surface area contributed by atoms with Crippen LogP contribution in [0.3, 0.4) is 0 Å². The first kappa shape index (κ1) is 15.8. The third kappa shape index (κ3) is 6.61. The van der Waals surface area contributed by atoms with Crippen molar-refractivity contribution >= 4 is 27.5 Å². The van der Waals surface area contributed by atoms with E-state index in [0.717, 1.165) is 5.56 Å². The molecule has 0 spiro atoms. The Labute approximate surface area is 117 Å². The van der Waals surface area contributed by atoms with Gasteiger partial charge in [-0.05, 0) is 30.0 Å². The van der Waals surface area contributed by atoms with Crippen LogP contribution in [0.5, 0.6) is 0 Å². The predicted octanol–water partition coefficient (Wildman–Crippen LogP) is 4.47. The topological polar surface area (TPSA) is 9.23 Å². The van der Waals surface area contributed by atoms with Gasteiger partial charge in [0.05, 0.1) is 6.61 Å². The summed E-state index contributed by atoms with van der Waals surface area (Å²) < 4.78 is 40.5. The second-order valence-corrected chi connectivity index (χ2v) is 5.07. The Balaban J connectivity index is 2.40. The molecule has 1 rings (SSSR count). The van der Waals surface area contributed by atoms with E-state index in [1.54, 1.807) is 12.1 Å². The van der Waals surface area contributed by atoms with Crippen molar-refractivity contribution in [2.75, 3.05) is 18.5 Å². The monoisotopic (exact) mass is 344 g/mol. The molecule has 0 aromatic heterocycles. The Kier molecular flexibility index (Phi) is 6.46. The molecule has 0 aliphatic carbocycles. The summed E-state index contributed by atoms with van der Waals surface area (Å²) in [6.45, 7) is -1.12. The summed E-state index contributed by atoms with van der Waals surface area (Å²) in [6, 6.07) is 7.25. The lowest BCUT2D eigenvalue weighted by Crippen LogP contribution is -2.22. The maximum absolute atomic E-state index is 11.9. The first-order valence-corrected chi connectivity index (χ1v) is 6.85. The van der Waals surface area contributed by atoms with Gasteiger partial charge in [0, 0.05) is 10.4 Å². The zero-order valence-electron chi connectivity index (χ0n) is 9.51. The van der Waals surface area contributed by atoms with Gasteiger partial charge in [0.2, 0.25) is 0 Å². The van der Waals surface area contributed by atoms with Gasteiger partial charge in [0.15, 0.2) is 0 Å². The van der Waals surface area contributed by atoms with E-state index in [-0.39, 0.29) is 12.5 Å². The van der Waals surface area contributed by atoms with E-state index in [1.807, 2.05) is 12.1 Å². The highest BCUT2D eigenvalue weighted by atomic mass is 79.9. The molecule has 6 heteroatoms. The van der Waals surface area contributed by atoms with Crippen LogP contribution >= 0.6 is 27.5 Å². The molecule has 102 valence electrons. The highest BCUT2D eigenvalue weighted by Crippen LogP contribution is 2.18.